The van der Waals surface area contributed by atoms with Gasteiger partial charge >= 0.3 is 0 Å². The predicted molar refractivity (Wildman–Crippen MR) is 88.9 cm³/mol. The Morgan fingerprint density at radius 1 is 1.00 bits per heavy atom. The highest BCUT2D eigenvalue weighted by Gasteiger charge is 2.12. The van der Waals surface area contributed by atoms with E-state index in [2.05, 4.69) is 18.3 Å². The van der Waals surface area contributed by atoms with Crippen LogP contribution in [-0.4, -0.2) is 6.10 Å². The summed E-state index contributed by atoms with van der Waals surface area (Å²) >= 11 is 6.19. The molecular formula is C18H22ClNO. The Hall–Kier alpha value is -1.51. The second-order valence-corrected chi connectivity index (χ2v) is 5.81. The van der Waals surface area contributed by atoms with Crippen LogP contribution in [-0.2, 0) is 6.54 Å². The molecule has 0 aliphatic carbocycles. The van der Waals surface area contributed by atoms with Crippen LogP contribution in [0.4, 0.5) is 0 Å². The minimum absolute atomic E-state index is 0.168. The Balaban J connectivity index is 2.07. The second kappa shape index (κ2) is 7.48. The zero-order valence-corrected chi connectivity index (χ0v) is 13.5. The number of rotatable bonds is 6. The van der Waals surface area contributed by atoms with Crippen molar-refractivity contribution in [3.63, 3.8) is 0 Å². The van der Waals surface area contributed by atoms with Gasteiger partial charge in [-0.05, 0) is 38.5 Å². The van der Waals surface area contributed by atoms with E-state index in [0.717, 1.165) is 22.9 Å². The molecule has 0 amide bonds. The van der Waals surface area contributed by atoms with Gasteiger partial charge in [0.1, 0.15) is 5.75 Å². The van der Waals surface area contributed by atoms with Gasteiger partial charge in [0, 0.05) is 23.2 Å². The molecule has 0 saturated heterocycles. The molecule has 0 heterocycles. The third-order valence-electron chi connectivity index (χ3n) is 3.30. The minimum atomic E-state index is 0.168. The van der Waals surface area contributed by atoms with Crippen LogP contribution in [0.2, 0.25) is 5.02 Å². The largest absolute Gasteiger partial charge is 0.491 e. The Kier molecular flexibility index (Phi) is 5.66. The van der Waals surface area contributed by atoms with Crippen molar-refractivity contribution in [3.05, 3.63) is 64.7 Å². The molecule has 2 aromatic rings. The fraction of sp³-hybridized carbons (Fsp3) is 0.333. The van der Waals surface area contributed by atoms with E-state index >= 15 is 0 Å². The average Bonchev–Trinajstić information content (AvgIpc) is 2.46. The van der Waals surface area contributed by atoms with E-state index in [0.29, 0.717) is 0 Å². The van der Waals surface area contributed by atoms with Gasteiger partial charge in [0.05, 0.1) is 6.10 Å². The molecule has 21 heavy (non-hydrogen) atoms. The van der Waals surface area contributed by atoms with Crippen molar-refractivity contribution in [2.24, 2.45) is 0 Å². The van der Waals surface area contributed by atoms with E-state index in [4.69, 9.17) is 16.3 Å². The Bertz CT molecular complexity index is 583. The average molecular weight is 304 g/mol. The van der Waals surface area contributed by atoms with Crippen molar-refractivity contribution in [2.75, 3.05) is 0 Å². The maximum absolute atomic E-state index is 6.19. The van der Waals surface area contributed by atoms with Crippen LogP contribution in [0.5, 0.6) is 5.75 Å². The molecule has 0 radical (unpaired) electrons. The SMILES string of the molecule is CC(C)Oc1ccccc1C(C)NCc1ccccc1Cl. The number of nitrogens with one attached hydrogen (secondary N) is 1. The summed E-state index contributed by atoms with van der Waals surface area (Å²) in [4.78, 5) is 0. The van der Waals surface area contributed by atoms with E-state index in [1.807, 2.05) is 56.3 Å². The standard InChI is InChI=1S/C18H22ClNO/c1-13(2)21-18-11-7-5-9-16(18)14(3)20-12-15-8-4-6-10-17(15)19/h4-11,13-14,20H,12H2,1-3H3. The summed E-state index contributed by atoms with van der Waals surface area (Å²) in [6, 6.07) is 16.3. The Morgan fingerprint density at radius 3 is 2.38 bits per heavy atom. The lowest BCUT2D eigenvalue weighted by Gasteiger charge is -2.20. The van der Waals surface area contributed by atoms with Gasteiger partial charge in [-0.25, -0.2) is 0 Å². The first-order chi connectivity index (χ1) is 10.1. The number of halogens is 1. The predicted octanol–water partition coefficient (Wildman–Crippen LogP) is 4.98. The molecule has 112 valence electrons. The van der Waals surface area contributed by atoms with Crippen molar-refractivity contribution < 1.29 is 4.74 Å². The molecule has 2 nitrogen and oxygen atoms in total. The summed E-state index contributed by atoms with van der Waals surface area (Å²) in [6.07, 6.45) is 0.168. The molecule has 0 bridgehead atoms. The van der Waals surface area contributed by atoms with Crippen molar-refractivity contribution in [1.29, 1.82) is 0 Å². The number of benzene rings is 2. The van der Waals surface area contributed by atoms with Gasteiger partial charge in [0.25, 0.3) is 0 Å². The topological polar surface area (TPSA) is 21.3 Å². The lowest BCUT2D eigenvalue weighted by molar-refractivity contribution is 0.238. The van der Waals surface area contributed by atoms with Crippen LogP contribution < -0.4 is 10.1 Å². The van der Waals surface area contributed by atoms with Crippen LogP contribution in [0.3, 0.4) is 0 Å². The van der Waals surface area contributed by atoms with Crippen molar-refractivity contribution >= 4 is 11.6 Å². The van der Waals surface area contributed by atoms with Crippen LogP contribution in [0, 0.1) is 0 Å². The highest BCUT2D eigenvalue weighted by Crippen LogP contribution is 2.26. The molecule has 0 spiro atoms. The van der Waals surface area contributed by atoms with E-state index in [9.17, 15) is 0 Å². The summed E-state index contributed by atoms with van der Waals surface area (Å²) in [5.41, 5.74) is 2.27. The molecule has 2 rings (SSSR count). The van der Waals surface area contributed by atoms with Crippen molar-refractivity contribution in [2.45, 2.75) is 39.5 Å². The summed E-state index contributed by atoms with van der Waals surface area (Å²) in [5, 5.41) is 4.30. The Labute approximate surface area is 132 Å². The van der Waals surface area contributed by atoms with Crippen molar-refractivity contribution in [1.82, 2.24) is 5.32 Å². The van der Waals surface area contributed by atoms with E-state index < -0.39 is 0 Å². The van der Waals surface area contributed by atoms with E-state index in [-0.39, 0.29) is 12.1 Å². The number of hydrogen-bond donors (Lipinski definition) is 1. The minimum Gasteiger partial charge on any atom is -0.491 e. The van der Waals surface area contributed by atoms with E-state index in [1.165, 1.54) is 5.56 Å². The van der Waals surface area contributed by atoms with E-state index in [1.54, 1.807) is 0 Å². The number of hydrogen-bond acceptors (Lipinski definition) is 2. The first-order valence-electron chi connectivity index (χ1n) is 7.30. The van der Waals surface area contributed by atoms with Crippen LogP contribution >= 0.6 is 11.6 Å². The van der Waals surface area contributed by atoms with Crippen LogP contribution in [0.25, 0.3) is 0 Å². The Morgan fingerprint density at radius 2 is 1.67 bits per heavy atom. The van der Waals surface area contributed by atoms with Gasteiger partial charge in [0.15, 0.2) is 0 Å². The number of ether oxygens (including phenoxy) is 1. The highest BCUT2D eigenvalue weighted by molar-refractivity contribution is 6.31. The van der Waals surface area contributed by atoms with Crippen molar-refractivity contribution in [3.8, 4) is 5.75 Å². The summed E-state index contributed by atoms with van der Waals surface area (Å²) in [6.45, 7) is 6.95. The van der Waals surface area contributed by atoms with Gasteiger partial charge in [-0.2, -0.15) is 0 Å². The lowest BCUT2D eigenvalue weighted by Crippen LogP contribution is -2.19. The fourth-order valence-electron chi connectivity index (χ4n) is 2.21. The molecule has 1 unspecified atom stereocenters. The first kappa shape index (κ1) is 15.9. The van der Waals surface area contributed by atoms with Gasteiger partial charge in [0.2, 0.25) is 0 Å². The molecule has 0 fully saturated rings. The summed E-state index contributed by atoms with van der Waals surface area (Å²) in [7, 11) is 0. The monoisotopic (exact) mass is 303 g/mol. The van der Waals surface area contributed by atoms with Crippen LogP contribution in [0.1, 0.15) is 37.9 Å². The molecule has 0 aromatic heterocycles. The molecule has 0 aliphatic rings. The molecular weight excluding hydrogens is 282 g/mol. The van der Waals surface area contributed by atoms with Gasteiger partial charge in [-0.3, -0.25) is 0 Å². The van der Waals surface area contributed by atoms with Gasteiger partial charge in [-0.15, -0.1) is 0 Å². The zero-order valence-electron chi connectivity index (χ0n) is 12.8. The first-order valence-corrected chi connectivity index (χ1v) is 7.68. The van der Waals surface area contributed by atoms with Gasteiger partial charge < -0.3 is 10.1 Å². The maximum atomic E-state index is 6.19. The summed E-state index contributed by atoms with van der Waals surface area (Å²) in [5.74, 6) is 0.937. The third kappa shape index (κ3) is 4.48. The zero-order chi connectivity index (χ0) is 15.2. The molecule has 1 atom stereocenters. The smallest absolute Gasteiger partial charge is 0.124 e. The second-order valence-electron chi connectivity index (χ2n) is 5.40. The number of para-hydroxylation sites is 1. The molecule has 0 aliphatic heterocycles. The molecule has 1 N–H and O–H groups in total. The molecule has 0 saturated carbocycles. The summed E-state index contributed by atoms with van der Waals surface area (Å²) < 4.78 is 5.88. The highest BCUT2D eigenvalue weighted by atomic mass is 35.5. The molecule has 2 aromatic carbocycles. The fourth-order valence-corrected chi connectivity index (χ4v) is 2.42. The molecule has 3 heteroatoms. The normalized spacial score (nSPS) is 12.4. The maximum Gasteiger partial charge on any atom is 0.124 e. The quantitative estimate of drug-likeness (QED) is 0.813. The van der Waals surface area contributed by atoms with Crippen LogP contribution in [0.15, 0.2) is 48.5 Å². The lowest BCUT2D eigenvalue weighted by atomic mass is 10.1. The van der Waals surface area contributed by atoms with Gasteiger partial charge in [-0.1, -0.05) is 48.0 Å². The third-order valence-corrected chi connectivity index (χ3v) is 3.67.